The SMILES string of the molecule is COC(=O)C1=C(C)[N+](c2cccc(C(F)(F)F)c2)=C(N)N(C(N)=O)[C@H]1c1ccc(C#N)cc1Br. The number of carbonyl (C=O) groups is 2. The number of carbonyl (C=O) groups excluding carboxylic acids is 2. The van der Waals surface area contributed by atoms with E-state index in [4.69, 9.17) is 21.5 Å². The Labute approximate surface area is 200 Å². The number of hydrogen-bond donors (Lipinski definition) is 2. The average molecular weight is 537 g/mol. The molecule has 8 nitrogen and oxygen atoms in total. The Morgan fingerprint density at radius 2 is 1.91 bits per heavy atom. The van der Waals surface area contributed by atoms with Gasteiger partial charge in [-0.05, 0) is 37.3 Å². The van der Waals surface area contributed by atoms with Gasteiger partial charge in [0.15, 0.2) is 0 Å². The lowest BCUT2D eigenvalue weighted by atomic mass is 9.93. The van der Waals surface area contributed by atoms with Crippen LogP contribution < -0.4 is 11.5 Å². The standard InChI is InChI=1S/C22H17BrF3N5O3/c1-11-17(19(32)34-2)18(15-7-6-12(10-27)8-16(15)23)31(21(29)33)20(28)30(11)14-5-3-4-13(9-14)22(24,25)26/h3-9,18,28H,1-2H3,(H2,29,33)/p+1/t18-/m0/s1. The van der Waals surface area contributed by atoms with Gasteiger partial charge in [-0.15, -0.1) is 0 Å². The van der Waals surface area contributed by atoms with Crippen molar-refractivity contribution in [2.75, 3.05) is 7.11 Å². The quantitative estimate of drug-likeness (QED) is 0.454. The highest BCUT2D eigenvalue weighted by molar-refractivity contribution is 9.10. The van der Waals surface area contributed by atoms with E-state index in [0.29, 0.717) is 15.6 Å². The van der Waals surface area contributed by atoms with Gasteiger partial charge >= 0.3 is 24.1 Å². The van der Waals surface area contributed by atoms with E-state index in [1.54, 1.807) is 0 Å². The number of rotatable bonds is 3. The molecule has 2 aromatic rings. The first-order valence-corrected chi connectivity index (χ1v) is 10.4. The highest BCUT2D eigenvalue weighted by Crippen LogP contribution is 2.41. The lowest BCUT2D eigenvalue weighted by Crippen LogP contribution is -2.54. The third-order valence-corrected chi connectivity index (χ3v) is 5.92. The molecule has 1 aliphatic rings. The molecular weight excluding hydrogens is 519 g/mol. The minimum atomic E-state index is -4.64. The van der Waals surface area contributed by atoms with Crippen molar-refractivity contribution >= 4 is 39.6 Å². The maximum Gasteiger partial charge on any atom is 0.416 e. The molecule has 1 heterocycles. The summed E-state index contributed by atoms with van der Waals surface area (Å²) in [5.41, 5.74) is 11.6. The van der Waals surface area contributed by atoms with Crippen molar-refractivity contribution < 1.29 is 32.1 Å². The molecule has 2 amide bonds. The number of nitrogens with zero attached hydrogens (tertiary/aromatic N) is 3. The number of alkyl halides is 3. The van der Waals surface area contributed by atoms with E-state index >= 15 is 0 Å². The summed E-state index contributed by atoms with van der Waals surface area (Å²) in [5.74, 6) is -1.17. The van der Waals surface area contributed by atoms with Crippen LogP contribution in [0.4, 0.5) is 23.7 Å². The number of methoxy groups -OCH3 is 1. The lowest BCUT2D eigenvalue weighted by molar-refractivity contribution is -0.396. The summed E-state index contributed by atoms with van der Waals surface area (Å²) in [7, 11) is 1.12. The Bertz CT molecular complexity index is 1300. The van der Waals surface area contributed by atoms with Crippen molar-refractivity contribution in [3.63, 3.8) is 0 Å². The van der Waals surface area contributed by atoms with Crippen LogP contribution in [0.15, 0.2) is 58.2 Å². The molecule has 0 aliphatic carbocycles. The molecule has 0 radical (unpaired) electrons. The minimum absolute atomic E-state index is 0.0465. The molecule has 0 bridgehead atoms. The molecule has 34 heavy (non-hydrogen) atoms. The molecule has 2 aromatic carbocycles. The molecule has 12 heteroatoms. The van der Waals surface area contributed by atoms with E-state index in [0.717, 1.165) is 28.7 Å². The number of primary amides is 1. The summed E-state index contributed by atoms with van der Waals surface area (Å²) in [6.45, 7) is 1.46. The van der Waals surface area contributed by atoms with Gasteiger partial charge in [-0.2, -0.15) is 23.3 Å². The summed E-state index contributed by atoms with van der Waals surface area (Å²) in [6, 6.07) is 8.42. The van der Waals surface area contributed by atoms with Crippen LogP contribution in [0.25, 0.3) is 0 Å². The largest absolute Gasteiger partial charge is 0.465 e. The Balaban J connectivity index is 2.35. The Morgan fingerprint density at radius 1 is 1.24 bits per heavy atom. The van der Waals surface area contributed by atoms with Crippen molar-refractivity contribution in [3.8, 4) is 6.07 Å². The normalized spacial score (nSPS) is 16.4. The number of allylic oxidation sites excluding steroid dienone is 1. The third-order valence-electron chi connectivity index (χ3n) is 5.23. The van der Waals surface area contributed by atoms with E-state index in [2.05, 4.69) is 15.9 Å². The maximum absolute atomic E-state index is 13.3. The number of urea groups is 1. The number of hydrogen-bond acceptors (Lipinski definition) is 5. The molecule has 1 aliphatic heterocycles. The summed E-state index contributed by atoms with van der Waals surface area (Å²) in [6.07, 6.45) is -4.64. The first-order valence-electron chi connectivity index (χ1n) is 9.59. The van der Waals surface area contributed by atoms with E-state index in [1.807, 2.05) is 6.07 Å². The second-order valence-corrected chi connectivity index (χ2v) is 8.05. The fourth-order valence-corrected chi connectivity index (χ4v) is 4.32. The molecule has 0 spiro atoms. The number of ether oxygens (including phenoxy) is 1. The summed E-state index contributed by atoms with van der Waals surface area (Å²) >= 11 is 3.34. The van der Waals surface area contributed by atoms with Crippen molar-refractivity contribution in [3.05, 3.63) is 74.9 Å². The number of halogens is 4. The molecule has 176 valence electrons. The van der Waals surface area contributed by atoms with Crippen LogP contribution in [0.3, 0.4) is 0 Å². The Hall–Kier alpha value is -3.85. The fourth-order valence-electron chi connectivity index (χ4n) is 3.73. The van der Waals surface area contributed by atoms with Crippen molar-refractivity contribution in [2.24, 2.45) is 11.5 Å². The highest BCUT2D eigenvalue weighted by atomic mass is 79.9. The monoisotopic (exact) mass is 536 g/mol. The number of guanidine groups is 1. The van der Waals surface area contributed by atoms with Crippen LogP contribution in [-0.2, 0) is 15.7 Å². The molecule has 0 fully saturated rings. The van der Waals surface area contributed by atoms with Crippen molar-refractivity contribution in [2.45, 2.75) is 19.1 Å². The zero-order valence-corrected chi connectivity index (χ0v) is 19.4. The lowest BCUT2D eigenvalue weighted by Gasteiger charge is -2.33. The van der Waals surface area contributed by atoms with Gasteiger partial charge in [0, 0.05) is 10.0 Å². The van der Waals surface area contributed by atoms with Gasteiger partial charge in [0.05, 0.1) is 30.0 Å². The van der Waals surface area contributed by atoms with E-state index in [1.165, 1.54) is 37.3 Å². The number of esters is 1. The van der Waals surface area contributed by atoms with Gasteiger partial charge in [0.25, 0.3) is 0 Å². The topological polar surface area (TPSA) is 125 Å². The van der Waals surface area contributed by atoms with Crippen LogP contribution in [0.1, 0.15) is 29.7 Å². The van der Waals surface area contributed by atoms with E-state index in [-0.39, 0.29) is 22.9 Å². The first-order chi connectivity index (χ1) is 15.9. The van der Waals surface area contributed by atoms with Crippen LogP contribution in [-0.4, -0.2) is 34.5 Å². The molecule has 3 rings (SSSR count). The second kappa shape index (κ2) is 9.18. The first kappa shape index (κ1) is 24.8. The zero-order valence-electron chi connectivity index (χ0n) is 17.9. The van der Waals surface area contributed by atoms with Crippen LogP contribution >= 0.6 is 15.9 Å². The number of nitrogens with two attached hydrogens (primary N) is 2. The minimum Gasteiger partial charge on any atom is -0.465 e. The van der Waals surface area contributed by atoms with Gasteiger partial charge in [-0.1, -0.05) is 28.1 Å². The molecular formula is C22H18BrF3N5O3+. The number of amides is 2. The molecule has 0 aromatic heterocycles. The Kier molecular flexibility index (Phi) is 6.70. The summed E-state index contributed by atoms with van der Waals surface area (Å²) in [4.78, 5) is 26.3. The van der Waals surface area contributed by atoms with Gasteiger partial charge in [0.1, 0.15) is 17.3 Å². The van der Waals surface area contributed by atoms with Crippen molar-refractivity contribution in [1.29, 1.82) is 5.26 Å². The highest BCUT2D eigenvalue weighted by Gasteiger charge is 2.47. The van der Waals surface area contributed by atoms with Crippen molar-refractivity contribution in [1.82, 2.24) is 4.90 Å². The second-order valence-electron chi connectivity index (χ2n) is 7.19. The average Bonchev–Trinajstić information content (AvgIpc) is 2.77. The molecule has 0 saturated carbocycles. The molecule has 1 atom stereocenters. The van der Waals surface area contributed by atoms with Crippen LogP contribution in [0.2, 0.25) is 0 Å². The van der Waals surface area contributed by atoms with Crippen LogP contribution in [0, 0.1) is 11.3 Å². The smallest absolute Gasteiger partial charge is 0.416 e. The molecule has 0 saturated heterocycles. The van der Waals surface area contributed by atoms with Gasteiger partial charge in [-0.25, -0.2) is 14.2 Å². The fraction of sp³-hybridized carbons (Fsp3) is 0.182. The van der Waals surface area contributed by atoms with E-state index < -0.39 is 29.8 Å². The van der Waals surface area contributed by atoms with Crippen LogP contribution in [0.5, 0.6) is 0 Å². The predicted molar refractivity (Wildman–Crippen MR) is 118 cm³/mol. The molecule has 0 unspecified atom stereocenters. The molecule has 4 N–H and O–H groups in total. The zero-order chi connectivity index (χ0) is 25.4. The van der Waals surface area contributed by atoms with Gasteiger partial charge in [0.2, 0.25) is 0 Å². The summed E-state index contributed by atoms with van der Waals surface area (Å²) < 4.78 is 46.4. The predicted octanol–water partition coefficient (Wildman–Crippen LogP) is 3.88. The van der Waals surface area contributed by atoms with Gasteiger partial charge in [-0.3, -0.25) is 5.73 Å². The Morgan fingerprint density at radius 3 is 2.44 bits per heavy atom. The summed E-state index contributed by atoms with van der Waals surface area (Å²) in [5, 5.41) is 9.16. The van der Waals surface area contributed by atoms with Gasteiger partial charge < -0.3 is 10.5 Å². The van der Waals surface area contributed by atoms with E-state index in [9.17, 15) is 22.8 Å². The maximum atomic E-state index is 13.3. The number of nitriles is 1. The number of benzene rings is 2. The third kappa shape index (κ3) is 4.34.